The van der Waals surface area contributed by atoms with Crippen LogP contribution in [0, 0.1) is 5.92 Å². The summed E-state index contributed by atoms with van der Waals surface area (Å²) >= 11 is 1.19. The average molecular weight is 284 g/mol. The topological polar surface area (TPSA) is 42.3 Å². The Hall–Kier alpha value is -1.76. The van der Waals surface area contributed by atoms with Crippen LogP contribution in [0.1, 0.15) is 6.42 Å². The minimum atomic E-state index is -4.79. The van der Waals surface area contributed by atoms with Crippen molar-refractivity contribution in [3.8, 4) is 0 Å². The number of aromatic nitrogens is 1. The van der Waals surface area contributed by atoms with Crippen molar-refractivity contribution in [2.24, 2.45) is 10.9 Å². The van der Waals surface area contributed by atoms with E-state index in [9.17, 15) is 18.0 Å². The molecule has 19 heavy (non-hydrogen) atoms. The van der Waals surface area contributed by atoms with E-state index < -0.39 is 24.3 Å². The van der Waals surface area contributed by atoms with Crippen LogP contribution in [0.15, 0.2) is 35.1 Å². The number of alkyl halides is 3. The second-order valence-electron chi connectivity index (χ2n) is 4.24. The van der Waals surface area contributed by atoms with Gasteiger partial charge < -0.3 is 0 Å². The Balaban J connectivity index is 2.00. The van der Waals surface area contributed by atoms with Crippen LogP contribution in [0.4, 0.5) is 13.2 Å². The van der Waals surface area contributed by atoms with E-state index in [0.29, 0.717) is 15.9 Å². The summed E-state index contributed by atoms with van der Waals surface area (Å²) in [5.74, 6) is -2.30. The van der Waals surface area contributed by atoms with E-state index in [4.69, 9.17) is 0 Å². The van der Waals surface area contributed by atoms with Gasteiger partial charge in [0.15, 0.2) is 0 Å². The van der Waals surface area contributed by atoms with Gasteiger partial charge in [-0.15, -0.1) is 0 Å². The highest BCUT2D eigenvalue weighted by atomic mass is 32.1. The van der Waals surface area contributed by atoms with Crippen molar-refractivity contribution >= 4 is 22.9 Å². The van der Waals surface area contributed by atoms with Crippen LogP contribution in [-0.4, -0.2) is 16.3 Å². The second kappa shape index (κ2) is 4.12. The first-order chi connectivity index (χ1) is 8.97. The Morgan fingerprint density at radius 2 is 2.21 bits per heavy atom. The first-order valence-electron chi connectivity index (χ1n) is 5.49. The summed E-state index contributed by atoms with van der Waals surface area (Å²) in [6, 6.07) is 0. The summed E-state index contributed by atoms with van der Waals surface area (Å²) in [5, 5.41) is 0.737. The van der Waals surface area contributed by atoms with Crippen molar-refractivity contribution in [3.63, 3.8) is 0 Å². The van der Waals surface area contributed by atoms with Crippen LogP contribution >= 0.6 is 11.5 Å². The van der Waals surface area contributed by atoms with E-state index in [0.717, 1.165) is 5.22 Å². The van der Waals surface area contributed by atoms with E-state index in [1.807, 2.05) is 0 Å². The molecule has 0 saturated carbocycles. The lowest BCUT2D eigenvalue weighted by atomic mass is 9.87. The standard InChI is InChI=1S/C12H7F3N2OS/c13-12(14,15)9(18)4-6-2-1-3-8-10(6)7-5-16-19-11(7)17-8/h1-3,5-6H,4H2. The van der Waals surface area contributed by atoms with Gasteiger partial charge in [-0.3, -0.25) is 4.79 Å². The van der Waals surface area contributed by atoms with E-state index >= 15 is 0 Å². The quantitative estimate of drug-likeness (QED) is 0.826. The molecule has 98 valence electrons. The molecule has 3 rings (SSSR count). The van der Waals surface area contributed by atoms with Gasteiger partial charge in [-0.25, -0.2) is 4.99 Å². The van der Waals surface area contributed by atoms with Crippen molar-refractivity contribution < 1.29 is 18.0 Å². The van der Waals surface area contributed by atoms with Gasteiger partial charge >= 0.3 is 6.18 Å². The van der Waals surface area contributed by atoms with Crippen molar-refractivity contribution in [1.82, 2.24) is 4.37 Å². The van der Waals surface area contributed by atoms with Gasteiger partial charge in [0.1, 0.15) is 4.67 Å². The number of Topliss-reactive ketones (excluding diaryl/α,β-unsaturated/α-hetero) is 1. The number of hydrogen-bond donors (Lipinski definition) is 0. The monoisotopic (exact) mass is 284 g/mol. The smallest absolute Gasteiger partial charge is 0.290 e. The van der Waals surface area contributed by atoms with Crippen molar-refractivity contribution in [1.29, 1.82) is 0 Å². The molecule has 1 aliphatic carbocycles. The van der Waals surface area contributed by atoms with Crippen LogP contribution in [-0.2, 0) is 4.79 Å². The Kier molecular flexibility index (Phi) is 2.67. The van der Waals surface area contributed by atoms with E-state index in [2.05, 4.69) is 9.37 Å². The van der Waals surface area contributed by atoms with Crippen molar-refractivity contribution in [2.75, 3.05) is 0 Å². The fraction of sp³-hybridized carbons (Fsp3) is 0.250. The first-order valence-corrected chi connectivity index (χ1v) is 6.26. The third-order valence-corrected chi connectivity index (χ3v) is 3.72. The minimum absolute atomic E-state index is 0.586. The summed E-state index contributed by atoms with van der Waals surface area (Å²) in [6.07, 6.45) is 1.19. The third kappa shape index (κ3) is 2.03. The molecule has 1 aromatic rings. The number of carbonyl (C=O) groups is 1. The molecule has 0 bridgehead atoms. The number of halogens is 3. The Bertz CT molecular complexity index is 727. The number of allylic oxidation sites excluding steroid dienone is 4. The number of rotatable bonds is 2. The van der Waals surface area contributed by atoms with Crippen LogP contribution in [0.25, 0.3) is 5.57 Å². The third-order valence-electron chi connectivity index (χ3n) is 3.03. The molecule has 0 spiro atoms. The predicted molar refractivity (Wildman–Crippen MR) is 62.7 cm³/mol. The molecule has 7 heteroatoms. The Morgan fingerprint density at radius 1 is 1.42 bits per heavy atom. The van der Waals surface area contributed by atoms with Crippen LogP contribution in [0.5, 0.6) is 0 Å². The molecular formula is C12H7F3N2OS. The maximum Gasteiger partial charge on any atom is 0.450 e. The normalized spacial score (nSPS) is 20.7. The Morgan fingerprint density at radius 3 is 2.95 bits per heavy atom. The number of nitrogens with zero attached hydrogens (tertiary/aromatic N) is 2. The van der Waals surface area contributed by atoms with Gasteiger partial charge in [-0.2, -0.15) is 17.5 Å². The number of carbonyl (C=O) groups excluding carboxylic acids is 1. The lowest BCUT2D eigenvalue weighted by Crippen LogP contribution is -2.27. The lowest BCUT2D eigenvalue weighted by Gasteiger charge is -2.18. The fourth-order valence-corrected chi connectivity index (χ4v) is 2.84. The van der Waals surface area contributed by atoms with E-state index in [1.165, 1.54) is 11.5 Å². The number of hydrogen-bond acceptors (Lipinski definition) is 4. The number of fused-ring (bicyclic) bond motifs is 2. The summed E-state index contributed by atoms with van der Waals surface area (Å²) in [6.45, 7) is 0. The van der Waals surface area contributed by atoms with Gasteiger partial charge in [0.05, 0.1) is 11.9 Å². The highest BCUT2D eigenvalue weighted by molar-refractivity contribution is 7.03. The fourth-order valence-electron chi connectivity index (χ4n) is 2.19. The van der Waals surface area contributed by atoms with E-state index in [1.54, 1.807) is 24.4 Å². The highest BCUT2D eigenvalue weighted by Gasteiger charge is 2.40. The van der Waals surface area contributed by atoms with Gasteiger partial charge in [0.25, 0.3) is 0 Å². The summed E-state index contributed by atoms with van der Waals surface area (Å²) in [7, 11) is 0. The van der Waals surface area contributed by atoms with Gasteiger partial charge in [-0.05, 0) is 23.2 Å². The SMILES string of the molecule is O=C(CC1C=CC=C2N=c3sncc3=C21)C(F)(F)F. The first kappa shape index (κ1) is 12.3. The maximum atomic E-state index is 12.4. The van der Waals surface area contributed by atoms with Gasteiger partial charge in [0.2, 0.25) is 5.78 Å². The molecule has 1 atom stereocenters. The molecule has 0 radical (unpaired) electrons. The van der Waals surface area contributed by atoms with Crippen molar-refractivity contribution in [3.05, 3.63) is 40.0 Å². The zero-order valence-corrected chi connectivity index (χ0v) is 10.3. The zero-order valence-electron chi connectivity index (χ0n) is 9.44. The molecule has 1 unspecified atom stereocenters. The Labute approximate surface area is 109 Å². The van der Waals surface area contributed by atoms with Crippen LogP contribution in [0.3, 0.4) is 0 Å². The lowest BCUT2D eigenvalue weighted by molar-refractivity contribution is -0.171. The molecule has 1 aliphatic heterocycles. The van der Waals surface area contributed by atoms with Crippen LogP contribution < -0.4 is 9.89 Å². The maximum absolute atomic E-state index is 12.4. The summed E-state index contributed by atoms with van der Waals surface area (Å²) in [4.78, 5) is 15.4. The molecule has 0 aromatic carbocycles. The predicted octanol–water partition coefficient (Wildman–Crippen LogP) is 1.52. The molecule has 1 aromatic heterocycles. The van der Waals surface area contributed by atoms with Gasteiger partial charge in [-0.1, -0.05) is 12.2 Å². The molecule has 2 heterocycles. The molecule has 2 aliphatic rings. The number of ketones is 1. The average Bonchev–Trinajstić information content (AvgIpc) is 2.87. The van der Waals surface area contributed by atoms with Crippen LogP contribution in [0.2, 0.25) is 0 Å². The molecule has 0 amide bonds. The molecule has 0 saturated heterocycles. The van der Waals surface area contributed by atoms with E-state index in [-0.39, 0.29) is 0 Å². The zero-order chi connectivity index (χ0) is 13.6. The molecule has 3 nitrogen and oxygen atoms in total. The summed E-state index contributed by atoms with van der Waals surface area (Å²) < 4.78 is 41.7. The minimum Gasteiger partial charge on any atom is -0.290 e. The molecular weight excluding hydrogens is 277 g/mol. The van der Waals surface area contributed by atoms with Crippen molar-refractivity contribution in [2.45, 2.75) is 12.6 Å². The molecule has 0 fully saturated rings. The van der Waals surface area contributed by atoms with Gasteiger partial charge in [0, 0.05) is 17.6 Å². The largest absolute Gasteiger partial charge is 0.450 e. The molecule has 0 N–H and O–H groups in total. The summed E-state index contributed by atoms with van der Waals surface area (Å²) in [5.41, 5.74) is 1.30. The second-order valence-corrected chi connectivity index (χ2v) is 5.02. The highest BCUT2D eigenvalue weighted by Crippen LogP contribution is 2.33.